The first-order chi connectivity index (χ1) is 15.6. The zero-order chi connectivity index (χ0) is 21.9. The molecule has 1 heterocycles. The van der Waals surface area contributed by atoms with Gasteiger partial charge in [0, 0.05) is 17.0 Å². The van der Waals surface area contributed by atoms with Crippen LogP contribution >= 0.6 is 11.8 Å². The molecular formula is C27H26F2N2S. The molecule has 0 spiro atoms. The van der Waals surface area contributed by atoms with Crippen molar-refractivity contribution in [1.82, 2.24) is 0 Å². The molecule has 2 bridgehead atoms. The molecule has 2 nitrogen and oxygen atoms in total. The van der Waals surface area contributed by atoms with Crippen LogP contribution in [0, 0.1) is 11.7 Å². The third-order valence-electron chi connectivity index (χ3n) is 6.27. The van der Waals surface area contributed by atoms with E-state index in [0.29, 0.717) is 23.7 Å². The molecular weight excluding hydrogens is 422 g/mol. The lowest BCUT2D eigenvalue weighted by Gasteiger charge is -2.17. The summed E-state index contributed by atoms with van der Waals surface area (Å²) in [5, 5.41) is 3.62. The number of halogens is 2. The van der Waals surface area contributed by atoms with E-state index in [-0.39, 0.29) is 11.6 Å². The van der Waals surface area contributed by atoms with Crippen LogP contribution in [0.4, 0.5) is 14.5 Å². The molecule has 1 saturated carbocycles. The van der Waals surface area contributed by atoms with E-state index in [0.717, 1.165) is 22.1 Å². The SMILES string of the molecule is FC1=CC=C2CC(=C1)SC(Nc1ccc(Cc3ccc(CC4CCCC4)cc3)cc1F)=N2. The van der Waals surface area contributed by atoms with E-state index in [2.05, 4.69) is 34.6 Å². The van der Waals surface area contributed by atoms with Gasteiger partial charge < -0.3 is 5.32 Å². The molecule has 32 heavy (non-hydrogen) atoms. The number of hydrogen-bond acceptors (Lipinski definition) is 3. The maximum absolute atomic E-state index is 14.8. The first-order valence-electron chi connectivity index (χ1n) is 11.3. The van der Waals surface area contributed by atoms with Gasteiger partial charge in [0.05, 0.1) is 5.69 Å². The first-order valence-corrected chi connectivity index (χ1v) is 12.1. The van der Waals surface area contributed by atoms with Crippen molar-refractivity contribution in [2.24, 2.45) is 10.9 Å². The van der Waals surface area contributed by atoms with Crippen molar-refractivity contribution in [3.8, 4) is 0 Å². The number of anilines is 1. The lowest BCUT2D eigenvalue weighted by molar-refractivity contribution is 0.546. The second kappa shape index (κ2) is 9.45. The number of nitrogens with zero attached hydrogens (tertiary/aromatic N) is 1. The molecule has 2 aromatic carbocycles. The van der Waals surface area contributed by atoms with Crippen LogP contribution < -0.4 is 5.32 Å². The smallest absolute Gasteiger partial charge is 0.170 e. The predicted molar refractivity (Wildman–Crippen MR) is 130 cm³/mol. The number of fused-ring (bicyclic) bond motifs is 2. The summed E-state index contributed by atoms with van der Waals surface area (Å²) in [6.07, 6.45) is 12.5. The van der Waals surface area contributed by atoms with Gasteiger partial charge in [-0.2, -0.15) is 0 Å². The Balaban J connectivity index is 1.23. The van der Waals surface area contributed by atoms with E-state index < -0.39 is 0 Å². The molecule has 0 atom stereocenters. The van der Waals surface area contributed by atoms with Gasteiger partial charge in [-0.25, -0.2) is 13.8 Å². The number of benzene rings is 2. The number of hydrogen-bond donors (Lipinski definition) is 1. The van der Waals surface area contributed by atoms with Crippen LogP contribution in [-0.2, 0) is 12.8 Å². The van der Waals surface area contributed by atoms with E-state index in [1.54, 1.807) is 18.2 Å². The van der Waals surface area contributed by atoms with Crippen LogP contribution in [0.25, 0.3) is 0 Å². The molecule has 2 aliphatic carbocycles. The van der Waals surface area contributed by atoms with E-state index >= 15 is 0 Å². The molecule has 164 valence electrons. The fraction of sp³-hybridized carbons (Fsp3) is 0.296. The van der Waals surface area contributed by atoms with Gasteiger partial charge >= 0.3 is 0 Å². The molecule has 1 N–H and O–H groups in total. The number of aliphatic imine (C=N–C) groups is 1. The Hall–Kier alpha value is -2.66. The minimum absolute atomic E-state index is 0.291. The van der Waals surface area contributed by atoms with Gasteiger partial charge in [-0.05, 0) is 65.8 Å². The monoisotopic (exact) mass is 448 g/mol. The van der Waals surface area contributed by atoms with Gasteiger partial charge in [-0.1, -0.05) is 67.8 Å². The number of rotatable bonds is 5. The second-order valence-electron chi connectivity index (χ2n) is 8.80. The summed E-state index contributed by atoms with van der Waals surface area (Å²) in [5.41, 5.74) is 4.65. The van der Waals surface area contributed by atoms with Crippen LogP contribution in [0.1, 0.15) is 48.8 Å². The zero-order valence-corrected chi connectivity index (χ0v) is 18.7. The zero-order valence-electron chi connectivity index (χ0n) is 17.9. The highest BCUT2D eigenvalue weighted by Gasteiger charge is 2.18. The second-order valence-corrected chi connectivity index (χ2v) is 9.92. The van der Waals surface area contributed by atoms with Gasteiger partial charge in [0.15, 0.2) is 5.17 Å². The summed E-state index contributed by atoms with van der Waals surface area (Å²) in [6.45, 7) is 0. The molecule has 0 unspecified atom stereocenters. The highest BCUT2D eigenvalue weighted by atomic mass is 32.2. The van der Waals surface area contributed by atoms with E-state index in [9.17, 15) is 8.78 Å². The van der Waals surface area contributed by atoms with Gasteiger partial charge in [-0.15, -0.1) is 0 Å². The molecule has 2 aromatic rings. The molecule has 3 aliphatic rings. The van der Waals surface area contributed by atoms with E-state index in [1.807, 2.05) is 6.07 Å². The summed E-state index contributed by atoms with van der Waals surface area (Å²) >= 11 is 1.34. The lowest BCUT2D eigenvalue weighted by Crippen LogP contribution is -2.13. The Bertz CT molecular complexity index is 1120. The average Bonchev–Trinajstić information content (AvgIpc) is 3.24. The molecule has 0 saturated heterocycles. The average molecular weight is 449 g/mol. The molecule has 0 aromatic heterocycles. The van der Waals surface area contributed by atoms with Crippen molar-refractivity contribution in [3.63, 3.8) is 0 Å². The Kier molecular flexibility index (Phi) is 6.26. The third-order valence-corrected chi connectivity index (χ3v) is 7.18. The minimum atomic E-state index is -0.315. The summed E-state index contributed by atoms with van der Waals surface area (Å²) < 4.78 is 28.4. The Morgan fingerprint density at radius 2 is 1.69 bits per heavy atom. The summed E-state index contributed by atoms with van der Waals surface area (Å²) in [7, 11) is 0. The Labute approximate surface area is 192 Å². The number of thioether (sulfide) groups is 1. The molecule has 1 aliphatic heterocycles. The van der Waals surface area contributed by atoms with Gasteiger partial charge in [0.2, 0.25) is 0 Å². The quantitative estimate of drug-likeness (QED) is 0.507. The van der Waals surface area contributed by atoms with E-state index in [4.69, 9.17) is 0 Å². The van der Waals surface area contributed by atoms with Crippen LogP contribution in [0.3, 0.4) is 0 Å². The van der Waals surface area contributed by atoms with Crippen molar-refractivity contribution >= 4 is 22.6 Å². The van der Waals surface area contributed by atoms with Gasteiger partial charge in [-0.3, -0.25) is 0 Å². The predicted octanol–water partition coefficient (Wildman–Crippen LogP) is 7.69. The van der Waals surface area contributed by atoms with Gasteiger partial charge in [0.25, 0.3) is 0 Å². The van der Waals surface area contributed by atoms with Crippen molar-refractivity contribution in [2.75, 3.05) is 5.32 Å². The summed E-state index contributed by atoms with van der Waals surface area (Å²) in [4.78, 5) is 5.33. The maximum atomic E-state index is 14.8. The minimum Gasteiger partial charge on any atom is -0.332 e. The topological polar surface area (TPSA) is 24.4 Å². The first kappa shape index (κ1) is 21.2. The van der Waals surface area contributed by atoms with Crippen LogP contribution in [-0.4, -0.2) is 5.17 Å². The highest BCUT2D eigenvalue weighted by molar-refractivity contribution is 8.17. The van der Waals surface area contributed by atoms with Crippen LogP contribution in [0.15, 0.2) is 82.1 Å². The Morgan fingerprint density at radius 3 is 2.47 bits per heavy atom. The molecule has 5 rings (SSSR count). The van der Waals surface area contributed by atoms with Crippen molar-refractivity contribution in [2.45, 2.75) is 44.9 Å². The van der Waals surface area contributed by atoms with Crippen molar-refractivity contribution < 1.29 is 8.78 Å². The summed E-state index contributed by atoms with van der Waals surface area (Å²) in [5.74, 6) is 0.235. The van der Waals surface area contributed by atoms with Gasteiger partial charge in [0.1, 0.15) is 11.6 Å². The Morgan fingerprint density at radius 1 is 0.938 bits per heavy atom. The number of nitrogens with one attached hydrogen (secondary N) is 1. The standard InChI is InChI=1S/C27H26F2N2S/c28-22-10-11-23-17-24(16-22)32-27(30-23)31-26-12-9-21(15-25(26)29)14-20-7-5-19(6-8-20)13-18-3-1-2-4-18/h5-12,15-16,18H,1-4,13-14,17H2,(H,30,31). The highest BCUT2D eigenvalue weighted by Crippen LogP contribution is 2.35. The normalized spacial score (nSPS) is 18.4. The molecule has 1 fully saturated rings. The number of amidine groups is 1. The summed E-state index contributed by atoms with van der Waals surface area (Å²) in [6, 6.07) is 14.0. The van der Waals surface area contributed by atoms with Crippen molar-refractivity contribution in [1.29, 1.82) is 0 Å². The fourth-order valence-corrected chi connectivity index (χ4v) is 5.57. The lowest BCUT2D eigenvalue weighted by atomic mass is 9.96. The third kappa shape index (κ3) is 5.21. The number of allylic oxidation sites excluding steroid dienone is 5. The maximum Gasteiger partial charge on any atom is 0.170 e. The fourth-order valence-electron chi connectivity index (χ4n) is 4.60. The van der Waals surface area contributed by atoms with Crippen molar-refractivity contribution in [3.05, 3.63) is 99.6 Å². The largest absolute Gasteiger partial charge is 0.332 e. The van der Waals surface area contributed by atoms with E-state index in [1.165, 1.54) is 67.1 Å². The molecule has 5 heteroatoms. The molecule has 0 amide bonds. The van der Waals surface area contributed by atoms with Crippen LogP contribution in [0.2, 0.25) is 0 Å². The molecule has 0 radical (unpaired) electrons. The van der Waals surface area contributed by atoms with Crippen LogP contribution in [0.5, 0.6) is 0 Å².